The largest absolute Gasteiger partial charge is 0.481 e. The maximum absolute atomic E-state index is 11.8. The van der Waals surface area contributed by atoms with Crippen LogP contribution in [0, 0.1) is 10.8 Å². The number of hydrogen-bond acceptors (Lipinski definition) is 3. The SMILES string of the molecule is COC(=O)C12CCCC(C(=O)O)(CCC1)C2. The summed E-state index contributed by atoms with van der Waals surface area (Å²) in [5.41, 5.74) is -1.17. The van der Waals surface area contributed by atoms with Crippen LogP contribution >= 0.6 is 0 Å². The van der Waals surface area contributed by atoms with Gasteiger partial charge in [0, 0.05) is 0 Å². The van der Waals surface area contributed by atoms with E-state index < -0.39 is 16.8 Å². The van der Waals surface area contributed by atoms with E-state index in [1.54, 1.807) is 0 Å². The molecule has 0 heterocycles. The molecule has 2 saturated carbocycles. The first-order chi connectivity index (χ1) is 7.55. The average molecular weight is 226 g/mol. The van der Waals surface area contributed by atoms with E-state index in [2.05, 4.69) is 0 Å². The Kier molecular flexibility index (Phi) is 2.68. The zero-order chi connectivity index (χ0) is 11.8. The van der Waals surface area contributed by atoms with Crippen molar-refractivity contribution in [1.29, 1.82) is 0 Å². The van der Waals surface area contributed by atoms with Crippen molar-refractivity contribution in [1.82, 2.24) is 0 Å². The summed E-state index contributed by atoms with van der Waals surface area (Å²) in [6.07, 6.45) is 5.11. The van der Waals surface area contributed by atoms with Gasteiger partial charge in [-0.05, 0) is 32.1 Å². The number of carboxylic acid groups (broad SMARTS) is 1. The Balaban J connectivity index is 2.29. The minimum atomic E-state index is -0.736. The van der Waals surface area contributed by atoms with E-state index in [4.69, 9.17) is 4.74 Å². The highest BCUT2D eigenvalue weighted by Gasteiger charge is 2.55. The predicted octanol–water partition coefficient (Wildman–Crippen LogP) is 1.97. The molecule has 2 aliphatic rings. The number of fused-ring (bicyclic) bond motifs is 2. The van der Waals surface area contributed by atoms with Crippen LogP contribution in [0.15, 0.2) is 0 Å². The Hall–Kier alpha value is -1.06. The van der Waals surface area contributed by atoms with E-state index >= 15 is 0 Å². The van der Waals surface area contributed by atoms with Gasteiger partial charge in [-0.1, -0.05) is 12.8 Å². The number of carboxylic acids is 1. The monoisotopic (exact) mass is 226 g/mol. The standard InChI is InChI=1S/C12H18O4/c1-16-10(15)12-6-2-4-11(8-12,9(13)14)5-3-7-12/h2-8H2,1H3,(H,13,14). The minimum absolute atomic E-state index is 0.211. The smallest absolute Gasteiger partial charge is 0.311 e. The van der Waals surface area contributed by atoms with Crippen LogP contribution in [0.5, 0.6) is 0 Å². The summed E-state index contributed by atoms with van der Waals surface area (Å²) < 4.78 is 4.86. The maximum Gasteiger partial charge on any atom is 0.311 e. The van der Waals surface area contributed by atoms with Crippen LogP contribution in [0.3, 0.4) is 0 Å². The van der Waals surface area contributed by atoms with Gasteiger partial charge >= 0.3 is 11.9 Å². The summed E-state index contributed by atoms with van der Waals surface area (Å²) in [4.78, 5) is 23.2. The number of carbonyl (C=O) groups excluding carboxylic acids is 1. The molecule has 90 valence electrons. The van der Waals surface area contributed by atoms with Crippen molar-refractivity contribution in [3.05, 3.63) is 0 Å². The number of hydrogen-bond donors (Lipinski definition) is 1. The Morgan fingerprint density at radius 2 is 1.56 bits per heavy atom. The van der Waals surface area contributed by atoms with Crippen molar-refractivity contribution in [3.63, 3.8) is 0 Å². The molecule has 2 fully saturated rings. The highest BCUT2D eigenvalue weighted by Crippen LogP contribution is 2.56. The lowest BCUT2D eigenvalue weighted by molar-refractivity contribution is -0.171. The molecule has 4 heteroatoms. The highest BCUT2D eigenvalue weighted by atomic mass is 16.5. The summed E-state index contributed by atoms with van der Waals surface area (Å²) in [5.74, 6) is -0.947. The second-order valence-corrected chi connectivity index (χ2v) is 5.24. The molecule has 2 bridgehead atoms. The molecule has 0 saturated heterocycles. The third kappa shape index (κ3) is 1.51. The first kappa shape index (κ1) is 11.4. The van der Waals surface area contributed by atoms with Crippen LogP contribution in [0.2, 0.25) is 0 Å². The molecule has 0 spiro atoms. The number of esters is 1. The van der Waals surface area contributed by atoms with Crippen LogP contribution in [-0.4, -0.2) is 24.2 Å². The van der Waals surface area contributed by atoms with E-state index in [9.17, 15) is 14.7 Å². The zero-order valence-electron chi connectivity index (χ0n) is 9.62. The van der Waals surface area contributed by atoms with E-state index in [1.165, 1.54) is 7.11 Å². The second-order valence-electron chi connectivity index (χ2n) is 5.24. The number of aliphatic carboxylic acids is 1. The normalized spacial score (nSPS) is 37.8. The maximum atomic E-state index is 11.8. The Labute approximate surface area is 95.0 Å². The minimum Gasteiger partial charge on any atom is -0.481 e. The second kappa shape index (κ2) is 3.75. The van der Waals surface area contributed by atoms with E-state index in [0.717, 1.165) is 25.7 Å². The molecular formula is C12H18O4. The van der Waals surface area contributed by atoms with Gasteiger partial charge in [-0.2, -0.15) is 0 Å². The molecule has 0 radical (unpaired) electrons. The topological polar surface area (TPSA) is 63.6 Å². The molecule has 2 aliphatic carbocycles. The van der Waals surface area contributed by atoms with E-state index in [-0.39, 0.29) is 5.97 Å². The summed E-state index contributed by atoms with van der Waals surface area (Å²) in [6, 6.07) is 0. The summed E-state index contributed by atoms with van der Waals surface area (Å²) in [5, 5.41) is 9.36. The third-order valence-corrected chi connectivity index (χ3v) is 4.37. The van der Waals surface area contributed by atoms with Gasteiger partial charge in [0.15, 0.2) is 0 Å². The van der Waals surface area contributed by atoms with Gasteiger partial charge in [0.1, 0.15) is 0 Å². The first-order valence-corrected chi connectivity index (χ1v) is 5.87. The van der Waals surface area contributed by atoms with Gasteiger partial charge in [-0.25, -0.2) is 0 Å². The van der Waals surface area contributed by atoms with Crippen LogP contribution in [0.4, 0.5) is 0 Å². The van der Waals surface area contributed by atoms with Crippen LogP contribution < -0.4 is 0 Å². The van der Waals surface area contributed by atoms with Gasteiger partial charge in [0.05, 0.1) is 17.9 Å². The predicted molar refractivity (Wildman–Crippen MR) is 56.8 cm³/mol. The van der Waals surface area contributed by atoms with Crippen LogP contribution in [0.25, 0.3) is 0 Å². The molecule has 1 N–H and O–H groups in total. The third-order valence-electron chi connectivity index (χ3n) is 4.37. The first-order valence-electron chi connectivity index (χ1n) is 5.87. The Bertz CT molecular complexity index is 311. The van der Waals surface area contributed by atoms with Gasteiger partial charge in [-0.15, -0.1) is 0 Å². The lowest BCUT2D eigenvalue weighted by atomic mass is 9.55. The molecule has 0 aromatic carbocycles. The van der Waals surface area contributed by atoms with Gasteiger partial charge in [0.25, 0.3) is 0 Å². The van der Waals surface area contributed by atoms with Crippen molar-refractivity contribution in [2.45, 2.75) is 44.9 Å². The fraction of sp³-hybridized carbons (Fsp3) is 0.833. The summed E-state index contributed by atoms with van der Waals surface area (Å²) >= 11 is 0. The molecule has 2 rings (SSSR count). The summed E-state index contributed by atoms with van der Waals surface area (Å²) in [7, 11) is 1.39. The fourth-order valence-corrected chi connectivity index (χ4v) is 3.56. The molecule has 0 unspecified atom stereocenters. The quantitative estimate of drug-likeness (QED) is 0.731. The van der Waals surface area contributed by atoms with Crippen LogP contribution in [0.1, 0.15) is 44.9 Å². The Morgan fingerprint density at radius 1 is 1.06 bits per heavy atom. The van der Waals surface area contributed by atoms with Crippen LogP contribution in [-0.2, 0) is 14.3 Å². The Morgan fingerprint density at radius 3 is 2.00 bits per heavy atom. The zero-order valence-corrected chi connectivity index (χ0v) is 9.62. The summed E-state index contributed by atoms with van der Waals surface area (Å²) in [6.45, 7) is 0. The molecule has 16 heavy (non-hydrogen) atoms. The lowest BCUT2D eigenvalue weighted by Crippen LogP contribution is -2.49. The van der Waals surface area contributed by atoms with Crippen molar-refractivity contribution in [3.8, 4) is 0 Å². The molecule has 0 atom stereocenters. The van der Waals surface area contributed by atoms with Gasteiger partial charge in [0.2, 0.25) is 0 Å². The van der Waals surface area contributed by atoms with Crippen molar-refractivity contribution < 1.29 is 19.4 Å². The highest BCUT2D eigenvalue weighted by molar-refractivity contribution is 5.81. The van der Waals surface area contributed by atoms with Crippen molar-refractivity contribution in [2.24, 2.45) is 10.8 Å². The average Bonchev–Trinajstić information content (AvgIpc) is 2.28. The number of methoxy groups -OCH3 is 1. The number of ether oxygens (including phenoxy) is 1. The lowest BCUT2D eigenvalue weighted by Gasteiger charge is -2.48. The van der Waals surface area contributed by atoms with E-state index in [1.807, 2.05) is 0 Å². The molecule has 0 aromatic rings. The molecule has 4 nitrogen and oxygen atoms in total. The molecular weight excluding hydrogens is 208 g/mol. The van der Waals surface area contributed by atoms with Gasteiger partial charge < -0.3 is 9.84 Å². The molecule has 0 amide bonds. The van der Waals surface area contributed by atoms with Crippen molar-refractivity contribution in [2.75, 3.05) is 7.11 Å². The molecule has 0 aromatic heterocycles. The van der Waals surface area contributed by atoms with Crippen molar-refractivity contribution >= 4 is 11.9 Å². The number of carbonyl (C=O) groups is 2. The van der Waals surface area contributed by atoms with E-state index in [0.29, 0.717) is 19.3 Å². The fourth-order valence-electron chi connectivity index (χ4n) is 3.56. The molecule has 0 aliphatic heterocycles. The van der Waals surface area contributed by atoms with Gasteiger partial charge in [-0.3, -0.25) is 9.59 Å². The number of rotatable bonds is 2.